The van der Waals surface area contributed by atoms with Crippen LogP contribution in [-0.4, -0.2) is 35.5 Å². The van der Waals surface area contributed by atoms with Gasteiger partial charge in [-0.15, -0.1) is 23.5 Å². The molecule has 1 N–H and O–H groups in total. The molecule has 1 aliphatic carbocycles. The van der Waals surface area contributed by atoms with Crippen molar-refractivity contribution in [2.75, 3.05) is 11.5 Å². The fourth-order valence-electron chi connectivity index (χ4n) is 3.13. The van der Waals surface area contributed by atoms with Crippen molar-refractivity contribution in [3.05, 3.63) is 35.4 Å². The molecule has 136 valence electrons. The van der Waals surface area contributed by atoms with Gasteiger partial charge in [0.2, 0.25) is 0 Å². The molecule has 1 saturated heterocycles. The van der Waals surface area contributed by atoms with Crippen LogP contribution in [0.1, 0.15) is 59.5 Å². The van der Waals surface area contributed by atoms with Gasteiger partial charge in [-0.25, -0.2) is 4.79 Å². The summed E-state index contributed by atoms with van der Waals surface area (Å²) in [6.07, 6.45) is 4.84. The average molecular weight is 380 g/mol. The van der Waals surface area contributed by atoms with Gasteiger partial charge in [0.25, 0.3) is 5.91 Å². The normalized spacial score (nSPS) is 20.2. The second kappa shape index (κ2) is 8.99. The van der Waals surface area contributed by atoms with Crippen LogP contribution in [0.2, 0.25) is 0 Å². The van der Waals surface area contributed by atoms with Crippen LogP contribution in [0.5, 0.6) is 0 Å². The number of ether oxygens (including phenoxy) is 1. The second-order valence-corrected chi connectivity index (χ2v) is 9.31. The summed E-state index contributed by atoms with van der Waals surface area (Å²) in [6, 6.07) is 7.83. The minimum absolute atomic E-state index is 0.202. The first-order valence-corrected chi connectivity index (χ1v) is 11.1. The van der Waals surface area contributed by atoms with Crippen LogP contribution in [0, 0.1) is 0 Å². The van der Waals surface area contributed by atoms with E-state index in [4.69, 9.17) is 4.74 Å². The van der Waals surface area contributed by atoms with Crippen LogP contribution < -0.4 is 5.32 Å². The summed E-state index contributed by atoms with van der Waals surface area (Å²) in [5, 5.41) is 2.97. The highest BCUT2D eigenvalue weighted by Crippen LogP contribution is 2.43. The third kappa shape index (κ3) is 5.17. The summed E-state index contributed by atoms with van der Waals surface area (Å²) in [7, 11) is 0. The minimum Gasteiger partial charge on any atom is -0.449 e. The van der Waals surface area contributed by atoms with Crippen molar-refractivity contribution in [3.63, 3.8) is 0 Å². The molecule has 0 radical (unpaired) electrons. The molecule has 2 aliphatic rings. The first kappa shape index (κ1) is 18.6. The number of thioether (sulfide) groups is 2. The van der Waals surface area contributed by atoms with Gasteiger partial charge in [-0.05, 0) is 55.4 Å². The fourth-order valence-corrected chi connectivity index (χ4v) is 6.02. The maximum absolute atomic E-state index is 12.3. The number of benzene rings is 1. The smallest absolute Gasteiger partial charge is 0.338 e. The van der Waals surface area contributed by atoms with Crippen molar-refractivity contribution in [2.24, 2.45) is 0 Å². The number of amides is 1. The molecule has 6 heteroatoms. The molecule has 1 saturated carbocycles. The number of rotatable bonds is 5. The Morgan fingerprint density at radius 2 is 1.72 bits per heavy atom. The van der Waals surface area contributed by atoms with E-state index in [1.165, 1.54) is 23.5 Å². The Balaban J connectivity index is 1.52. The van der Waals surface area contributed by atoms with Crippen LogP contribution in [0.4, 0.5) is 0 Å². The zero-order valence-electron chi connectivity index (χ0n) is 14.5. The first-order chi connectivity index (χ1) is 12.1. The number of hydrogen-bond acceptors (Lipinski definition) is 5. The van der Waals surface area contributed by atoms with Gasteiger partial charge in [-0.2, -0.15) is 0 Å². The van der Waals surface area contributed by atoms with Gasteiger partial charge in [0.15, 0.2) is 6.10 Å². The molecule has 0 aromatic heterocycles. The summed E-state index contributed by atoms with van der Waals surface area (Å²) in [5.74, 6) is 1.74. The van der Waals surface area contributed by atoms with E-state index in [9.17, 15) is 9.59 Å². The maximum Gasteiger partial charge on any atom is 0.338 e. The van der Waals surface area contributed by atoms with Crippen LogP contribution >= 0.6 is 23.5 Å². The van der Waals surface area contributed by atoms with Gasteiger partial charge >= 0.3 is 5.97 Å². The molecule has 3 rings (SSSR count). The van der Waals surface area contributed by atoms with E-state index in [1.54, 1.807) is 19.1 Å². The molecule has 1 heterocycles. The monoisotopic (exact) mass is 379 g/mol. The molecular formula is C19H25NO3S2. The van der Waals surface area contributed by atoms with Crippen molar-refractivity contribution in [1.29, 1.82) is 0 Å². The van der Waals surface area contributed by atoms with Crippen LogP contribution in [0.15, 0.2) is 24.3 Å². The number of carbonyl (C=O) groups excluding carboxylic acids is 2. The van der Waals surface area contributed by atoms with Crippen LogP contribution in [0.3, 0.4) is 0 Å². The third-order valence-corrected chi connectivity index (χ3v) is 7.62. The van der Waals surface area contributed by atoms with Crippen LogP contribution in [0.25, 0.3) is 0 Å². The Hall–Kier alpha value is -1.14. The van der Waals surface area contributed by atoms with Gasteiger partial charge < -0.3 is 10.1 Å². The summed E-state index contributed by atoms with van der Waals surface area (Å²) in [4.78, 5) is 24.4. The quantitative estimate of drug-likeness (QED) is 0.779. The molecule has 1 aromatic rings. The predicted molar refractivity (Wildman–Crippen MR) is 104 cm³/mol. The Kier molecular flexibility index (Phi) is 6.70. The van der Waals surface area contributed by atoms with E-state index in [0.717, 1.165) is 25.7 Å². The predicted octanol–water partition coefficient (Wildman–Crippen LogP) is 4.16. The van der Waals surface area contributed by atoms with Crippen molar-refractivity contribution < 1.29 is 14.3 Å². The molecule has 25 heavy (non-hydrogen) atoms. The van der Waals surface area contributed by atoms with Gasteiger partial charge in [-0.3, -0.25) is 4.79 Å². The number of nitrogens with one attached hydrogen (secondary N) is 1. The fraction of sp³-hybridized carbons (Fsp3) is 0.579. The van der Waals surface area contributed by atoms with Gasteiger partial charge in [-0.1, -0.05) is 25.0 Å². The Morgan fingerprint density at radius 3 is 2.36 bits per heavy atom. The van der Waals surface area contributed by atoms with Gasteiger partial charge in [0.1, 0.15) is 0 Å². The summed E-state index contributed by atoms with van der Waals surface area (Å²) < 4.78 is 5.79. The highest BCUT2D eigenvalue weighted by Gasteiger charge is 2.24. The molecule has 2 fully saturated rings. The van der Waals surface area contributed by atoms with E-state index in [1.807, 2.05) is 35.7 Å². The van der Waals surface area contributed by atoms with Crippen molar-refractivity contribution in [3.8, 4) is 0 Å². The van der Waals surface area contributed by atoms with Gasteiger partial charge in [0, 0.05) is 6.04 Å². The van der Waals surface area contributed by atoms with Gasteiger partial charge in [0.05, 0.1) is 10.1 Å². The lowest BCUT2D eigenvalue weighted by Gasteiger charge is -2.21. The standard InChI is InChI=1S/C19H25NO3S2/c1-13(17(21)20-16-5-2-3-6-16)23-18(22)14-7-9-15(10-8-14)19-24-11-4-12-25-19/h7-10,13,16,19H,2-6,11-12H2,1H3,(H,20,21)/t13-/m0/s1. The molecule has 1 aliphatic heterocycles. The largest absolute Gasteiger partial charge is 0.449 e. The maximum atomic E-state index is 12.3. The molecule has 0 bridgehead atoms. The second-order valence-electron chi connectivity index (χ2n) is 6.59. The summed E-state index contributed by atoms with van der Waals surface area (Å²) in [5.41, 5.74) is 1.73. The lowest BCUT2D eigenvalue weighted by molar-refractivity contribution is -0.129. The Morgan fingerprint density at radius 1 is 1.08 bits per heavy atom. The zero-order valence-corrected chi connectivity index (χ0v) is 16.2. The molecule has 0 unspecified atom stereocenters. The van der Waals surface area contributed by atoms with E-state index in [2.05, 4.69) is 5.32 Å². The van der Waals surface area contributed by atoms with E-state index < -0.39 is 12.1 Å². The van der Waals surface area contributed by atoms with E-state index >= 15 is 0 Å². The Labute approximate surface area is 157 Å². The lowest BCUT2D eigenvalue weighted by Crippen LogP contribution is -2.40. The number of carbonyl (C=O) groups is 2. The molecular weight excluding hydrogens is 354 g/mol. The molecule has 0 spiro atoms. The lowest BCUT2D eigenvalue weighted by atomic mass is 10.1. The number of hydrogen-bond donors (Lipinski definition) is 1. The molecule has 1 atom stereocenters. The topological polar surface area (TPSA) is 55.4 Å². The minimum atomic E-state index is -0.766. The summed E-state index contributed by atoms with van der Waals surface area (Å²) in [6.45, 7) is 1.63. The zero-order chi connectivity index (χ0) is 17.6. The van der Waals surface area contributed by atoms with Crippen LogP contribution in [-0.2, 0) is 9.53 Å². The third-order valence-electron chi connectivity index (χ3n) is 4.60. The SMILES string of the molecule is C[C@H](OC(=O)c1ccc(C2SCCCS2)cc1)C(=O)NC1CCCC1. The molecule has 4 nitrogen and oxygen atoms in total. The summed E-state index contributed by atoms with van der Waals surface area (Å²) >= 11 is 3.91. The van der Waals surface area contributed by atoms with Crippen molar-refractivity contribution in [1.82, 2.24) is 5.32 Å². The average Bonchev–Trinajstić information content (AvgIpc) is 3.15. The highest BCUT2D eigenvalue weighted by molar-refractivity contribution is 8.16. The highest BCUT2D eigenvalue weighted by atomic mass is 32.2. The van der Waals surface area contributed by atoms with Crippen molar-refractivity contribution >= 4 is 35.4 Å². The van der Waals surface area contributed by atoms with E-state index in [0.29, 0.717) is 10.1 Å². The Bertz CT molecular complexity index is 593. The first-order valence-electron chi connectivity index (χ1n) is 8.98. The molecule has 1 aromatic carbocycles. The number of esters is 1. The van der Waals surface area contributed by atoms with Crippen molar-refractivity contribution in [2.45, 2.75) is 55.8 Å². The molecule has 1 amide bonds. The van der Waals surface area contributed by atoms with E-state index in [-0.39, 0.29) is 11.9 Å².